The fourth-order valence-electron chi connectivity index (χ4n) is 2.96. The molecule has 140 valence electrons. The molecule has 0 spiro atoms. The summed E-state index contributed by atoms with van der Waals surface area (Å²) in [6.07, 6.45) is -0.595. The zero-order valence-corrected chi connectivity index (χ0v) is 15.0. The van der Waals surface area contributed by atoms with Crippen LogP contribution in [0.5, 0.6) is 0 Å². The Morgan fingerprint density at radius 2 is 1.44 bits per heavy atom. The summed E-state index contributed by atoms with van der Waals surface area (Å²) in [4.78, 5) is 38.2. The van der Waals surface area contributed by atoms with Crippen molar-refractivity contribution in [2.24, 2.45) is 5.92 Å². The zero-order chi connectivity index (χ0) is 19.2. The van der Waals surface area contributed by atoms with Gasteiger partial charge in [0.1, 0.15) is 19.3 Å². The van der Waals surface area contributed by atoms with E-state index in [4.69, 9.17) is 9.47 Å². The van der Waals surface area contributed by atoms with Crippen molar-refractivity contribution in [3.05, 3.63) is 71.8 Å². The number of likely N-dealkylation sites (tertiary alicyclic amines) is 1. The van der Waals surface area contributed by atoms with Crippen molar-refractivity contribution in [2.45, 2.75) is 32.6 Å². The van der Waals surface area contributed by atoms with Crippen molar-refractivity contribution >= 4 is 18.0 Å². The van der Waals surface area contributed by atoms with E-state index in [0.29, 0.717) is 0 Å². The van der Waals surface area contributed by atoms with Gasteiger partial charge >= 0.3 is 12.1 Å². The Hall–Kier alpha value is -3.15. The maximum atomic E-state index is 12.5. The number of hydrogen-bond donors (Lipinski definition) is 0. The van der Waals surface area contributed by atoms with Gasteiger partial charge in [-0.25, -0.2) is 14.5 Å². The third kappa shape index (κ3) is 4.53. The SMILES string of the molecule is CC1C[C@@H](C(=O)OCc2ccccc2)N(C(=O)OCc2ccccc2)C1=O. The lowest BCUT2D eigenvalue weighted by atomic mass is 10.1. The van der Waals surface area contributed by atoms with Gasteiger partial charge in [-0.1, -0.05) is 67.6 Å². The highest BCUT2D eigenvalue weighted by molar-refractivity contribution is 6.00. The molecule has 27 heavy (non-hydrogen) atoms. The van der Waals surface area contributed by atoms with Gasteiger partial charge < -0.3 is 9.47 Å². The molecule has 3 rings (SSSR count). The van der Waals surface area contributed by atoms with E-state index < -0.39 is 29.9 Å². The van der Waals surface area contributed by atoms with Crippen LogP contribution in [0.3, 0.4) is 0 Å². The lowest BCUT2D eigenvalue weighted by molar-refractivity contribution is -0.152. The first-order valence-corrected chi connectivity index (χ1v) is 8.80. The molecule has 1 fully saturated rings. The van der Waals surface area contributed by atoms with Gasteiger partial charge in [-0.3, -0.25) is 4.79 Å². The number of esters is 1. The van der Waals surface area contributed by atoms with Crippen molar-refractivity contribution in [2.75, 3.05) is 0 Å². The third-order valence-electron chi connectivity index (χ3n) is 4.45. The lowest BCUT2D eigenvalue weighted by Crippen LogP contribution is -2.44. The van der Waals surface area contributed by atoms with Crippen LogP contribution < -0.4 is 0 Å². The number of rotatable bonds is 5. The molecule has 1 unspecified atom stereocenters. The highest BCUT2D eigenvalue weighted by Gasteiger charge is 2.46. The van der Waals surface area contributed by atoms with Gasteiger partial charge in [0.15, 0.2) is 0 Å². The van der Waals surface area contributed by atoms with Crippen LogP contribution in [0, 0.1) is 5.92 Å². The van der Waals surface area contributed by atoms with E-state index in [0.717, 1.165) is 16.0 Å². The normalized spacial score (nSPS) is 19.0. The van der Waals surface area contributed by atoms with E-state index in [1.165, 1.54) is 0 Å². The van der Waals surface area contributed by atoms with E-state index >= 15 is 0 Å². The number of amides is 2. The van der Waals surface area contributed by atoms with Crippen LogP contribution in [0.1, 0.15) is 24.5 Å². The predicted octanol–water partition coefficient (Wildman–Crippen LogP) is 3.30. The largest absolute Gasteiger partial charge is 0.459 e. The summed E-state index contributed by atoms with van der Waals surface area (Å²) in [6, 6.07) is 17.4. The number of benzene rings is 2. The van der Waals surface area contributed by atoms with Crippen molar-refractivity contribution < 1.29 is 23.9 Å². The number of nitrogens with zero attached hydrogens (tertiary/aromatic N) is 1. The van der Waals surface area contributed by atoms with E-state index in [1.54, 1.807) is 6.92 Å². The van der Waals surface area contributed by atoms with Gasteiger partial charge in [0, 0.05) is 5.92 Å². The molecule has 2 amide bonds. The van der Waals surface area contributed by atoms with Crippen molar-refractivity contribution in [3.63, 3.8) is 0 Å². The zero-order valence-electron chi connectivity index (χ0n) is 15.0. The number of imide groups is 1. The molecule has 1 aliphatic rings. The average molecular weight is 367 g/mol. The van der Waals surface area contributed by atoms with Gasteiger partial charge in [-0.2, -0.15) is 0 Å². The topological polar surface area (TPSA) is 72.9 Å². The highest BCUT2D eigenvalue weighted by atomic mass is 16.6. The van der Waals surface area contributed by atoms with Gasteiger partial charge in [0.05, 0.1) is 0 Å². The maximum Gasteiger partial charge on any atom is 0.417 e. The van der Waals surface area contributed by atoms with Gasteiger partial charge in [0.25, 0.3) is 0 Å². The van der Waals surface area contributed by atoms with Crippen LogP contribution in [0.2, 0.25) is 0 Å². The minimum absolute atomic E-state index is 0.0314. The van der Waals surface area contributed by atoms with Crippen LogP contribution in [-0.2, 0) is 32.3 Å². The second kappa shape index (κ2) is 8.49. The molecule has 2 atom stereocenters. The summed E-state index contributed by atoms with van der Waals surface area (Å²) in [7, 11) is 0. The summed E-state index contributed by atoms with van der Waals surface area (Å²) in [6.45, 7) is 1.81. The van der Waals surface area contributed by atoms with Gasteiger partial charge in [-0.15, -0.1) is 0 Å². The van der Waals surface area contributed by atoms with E-state index in [1.807, 2.05) is 60.7 Å². The second-order valence-corrected chi connectivity index (χ2v) is 6.49. The minimum Gasteiger partial charge on any atom is -0.459 e. The molecule has 0 radical (unpaired) electrons. The molecule has 0 bridgehead atoms. The lowest BCUT2D eigenvalue weighted by Gasteiger charge is -2.21. The molecule has 0 aliphatic carbocycles. The van der Waals surface area contributed by atoms with E-state index in [2.05, 4.69) is 0 Å². The molecule has 2 aromatic carbocycles. The first-order chi connectivity index (χ1) is 13.1. The maximum absolute atomic E-state index is 12.5. The van der Waals surface area contributed by atoms with Crippen LogP contribution in [0.25, 0.3) is 0 Å². The van der Waals surface area contributed by atoms with Crippen molar-refractivity contribution in [1.82, 2.24) is 4.90 Å². The molecule has 6 nitrogen and oxygen atoms in total. The molecule has 1 saturated heterocycles. The molecule has 0 saturated carbocycles. The number of hydrogen-bond acceptors (Lipinski definition) is 5. The molecule has 1 aliphatic heterocycles. The van der Waals surface area contributed by atoms with Crippen LogP contribution in [-0.4, -0.2) is 28.9 Å². The van der Waals surface area contributed by atoms with E-state index in [-0.39, 0.29) is 19.6 Å². The summed E-state index contributed by atoms with van der Waals surface area (Å²) in [5, 5.41) is 0. The molecular weight excluding hydrogens is 346 g/mol. The molecule has 1 heterocycles. The molecule has 2 aromatic rings. The Kier molecular flexibility index (Phi) is 5.86. The fourth-order valence-corrected chi connectivity index (χ4v) is 2.96. The molecular formula is C21H21NO5. The first kappa shape index (κ1) is 18.6. The Morgan fingerprint density at radius 1 is 0.926 bits per heavy atom. The Morgan fingerprint density at radius 3 is 2.00 bits per heavy atom. The Balaban J connectivity index is 1.63. The third-order valence-corrected chi connectivity index (χ3v) is 4.45. The van der Waals surface area contributed by atoms with Crippen LogP contribution >= 0.6 is 0 Å². The molecule has 0 aromatic heterocycles. The molecule has 0 N–H and O–H groups in total. The van der Waals surface area contributed by atoms with Gasteiger partial charge in [-0.05, 0) is 17.5 Å². The van der Waals surface area contributed by atoms with Crippen molar-refractivity contribution in [3.8, 4) is 0 Å². The van der Waals surface area contributed by atoms with Gasteiger partial charge in [0.2, 0.25) is 5.91 Å². The monoisotopic (exact) mass is 367 g/mol. The summed E-state index contributed by atoms with van der Waals surface area (Å²) < 4.78 is 10.5. The van der Waals surface area contributed by atoms with E-state index in [9.17, 15) is 14.4 Å². The summed E-state index contributed by atoms with van der Waals surface area (Å²) in [5.41, 5.74) is 1.63. The Labute approximate surface area is 157 Å². The summed E-state index contributed by atoms with van der Waals surface area (Å²) >= 11 is 0. The standard InChI is InChI=1S/C21H21NO5/c1-15-12-18(20(24)26-13-16-8-4-2-5-9-16)22(19(15)23)21(25)27-14-17-10-6-3-7-11-17/h2-11,15,18H,12-14H2,1H3/t15?,18-/m0/s1. The fraction of sp³-hybridized carbons (Fsp3) is 0.286. The van der Waals surface area contributed by atoms with Crippen molar-refractivity contribution in [1.29, 1.82) is 0 Å². The van der Waals surface area contributed by atoms with Crippen LogP contribution in [0.15, 0.2) is 60.7 Å². The number of carbonyl (C=O) groups is 3. The minimum atomic E-state index is -0.959. The first-order valence-electron chi connectivity index (χ1n) is 8.80. The number of ether oxygens (including phenoxy) is 2. The number of carbonyl (C=O) groups excluding carboxylic acids is 3. The Bertz CT molecular complexity index is 806. The highest BCUT2D eigenvalue weighted by Crippen LogP contribution is 2.26. The average Bonchev–Trinajstić information content (AvgIpc) is 3.00. The second-order valence-electron chi connectivity index (χ2n) is 6.49. The smallest absolute Gasteiger partial charge is 0.417 e. The van der Waals surface area contributed by atoms with Crippen LogP contribution in [0.4, 0.5) is 4.79 Å². The quantitative estimate of drug-likeness (QED) is 0.758. The summed E-state index contributed by atoms with van der Waals surface area (Å²) in [5.74, 6) is -1.47. The predicted molar refractivity (Wildman–Crippen MR) is 97.3 cm³/mol. The molecule has 6 heteroatoms.